The number of pyridine rings is 1. The Morgan fingerprint density at radius 3 is 2.57 bits per heavy atom. The molecule has 0 aromatic carbocycles. The van der Waals surface area contributed by atoms with Gasteiger partial charge in [-0.15, -0.1) is 11.3 Å². The molecule has 0 aliphatic heterocycles. The molecule has 11 heteroatoms. The van der Waals surface area contributed by atoms with Crippen molar-refractivity contribution in [3.05, 3.63) is 40.6 Å². The fraction of sp³-hybridized carbons (Fsp3) is 0.412. The first-order valence-electron chi connectivity index (χ1n) is 8.59. The Morgan fingerprint density at radius 2 is 1.96 bits per heavy atom. The number of amides is 2. The van der Waals surface area contributed by atoms with Crippen molar-refractivity contribution in [3.63, 3.8) is 0 Å². The van der Waals surface area contributed by atoms with Gasteiger partial charge in [0.2, 0.25) is 5.91 Å². The lowest BCUT2D eigenvalue weighted by Gasteiger charge is -2.23. The molecule has 7 nitrogen and oxygen atoms in total. The maximum absolute atomic E-state index is 12.6. The minimum absolute atomic E-state index is 0.107. The highest BCUT2D eigenvalue weighted by atomic mass is 32.1. The molecule has 1 saturated carbocycles. The lowest BCUT2D eigenvalue weighted by atomic mass is 10.3. The highest BCUT2D eigenvalue weighted by Crippen LogP contribution is 2.31. The summed E-state index contributed by atoms with van der Waals surface area (Å²) in [7, 11) is 0. The Labute approximate surface area is 163 Å². The number of anilines is 1. The molecule has 28 heavy (non-hydrogen) atoms. The molecular weight excluding hydrogens is 395 g/mol. The van der Waals surface area contributed by atoms with Crippen LogP contribution in [0.2, 0.25) is 0 Å². The van der Waals surface area contributed by atoms with Gasteiger partial charge in [0.25, 0.3) is 5.91 Å². The van der Waals surface area contributed by atoms with Crippen molar-refractivity contribution in [2.75, 3.05) is 25.0 Å². The number of aromatic nitrogens is 2. The SMILES string of the molecule is O=C(NCCN(C(=O)CNc1ccncc1)C1CC1)c1csc(C(F)(F)F)n1. The lowest BCUT2D eigenvalue weighted by Crippen LogP contribution is -2.42. The number of nitrogens with one attached hydrogen (secondary N) is 2. The summed E-state index contributed by atoms with van der Waals surface area (Å²) in [5.41, 5.74) is 0.498. The number of hydrogen-bond acceptors (Lipinski definition) is 6. The van der Waals surface area contributed by atoms with Gasteiger partial charge in [0.15, 0.2) is 5.01 Å². The van der Waals surface area contributed by atoms with Gasteiger partial charge in [0, 0.05) is 42.6 Å². The van der Waals surface area contributed by atoms with Crippen molar-refractivity contribution in [1.82, 2.24) is 20.2 Å². The zero-order valence-corrected chi connectivity index (χ0v) is 15.5. The van der Waals surface area contributed by atoms with Crippen LogP contribution in [0.25, 0.3) is 0 Å². The standard InChI is InChI=1S/C17H18F3N5O2S/c18-17(19,20)16-24-13(10-28-16)15(27)22-7-8-25(12-1-2-12)14(26)9-23-11-3-5-21-6-4-11/h3-6,10,12H,1-2,7-9H2,(H,21,23)(H,22,27). The second-order valence-electron chi connectivity index (χ2n) is 6.20. The first-order valence-corrected chi connectivity index (χ1v) is 9.47. The Hall–Kier alpha value is -2.69. The van der Waals surface area contributed by atoms with E-state index < -0.39 is 17.1 Å². The van der Waals surface area contributed by atoms with Crippen molar-refractivity contribution in [2.45, 2.75) is 25.1 Å². The van der Waals surface area contributed by atoms with Gasteiger partial charge in [-0.2, -0.15) is 13.2 Å². The number of nitrogens with zero attached hydrogens (tertiary/aromatic N) is 3. The van der Waals surface area contributed by atoms with E-state index in [1.807, 2.05) is 0 Å². The van der Waals surface area contributed by atoms with Crippen LogP contribution < -0.4 is 10.6 Å². The van der Waals surface area contributed by atoms with E-state index in [9.17, 15) is 22.8 Å². The van der Waals surface area contributed by atoms with Gasteiger partial charge in [-0.25, -0.2) is 4.98 Å². The molecular formula is C17H18F3N5O2S. The largest absolute Gasteiger partial charge is 0.443 e. The van der Waals surface area contributed by atoms with Crippen LogP contribution in [-0.2, 0) is 11.0 Å². The molecule has 1 aliphatic carbocycles. The fourth-order valence-corrected chi connectivity index (χ4v) is 3.20. The maximum Gasteiger partial charge on any atom is 0.443 e. The molecule has 2 heterocycles. The number of alkyl halides is 3. The normalized spacial score (nSPS) is 13.8. The van der Waals surface area contributed by atoms with Crippen LogP contribution in [0.1, 0.15) is 28.3 Å². The van der Waals surface area contributed by atoms with E-state index in [2.05, 4.69) is 20.6 Å². The Balaban J connectivity index is 1.48. The average Bonchev–Trinajstić information content (AvgIpc) is 3.36. The second-order valence-corrected chi connectivity index (χ2v) is 7.06. The van der Waals surface area contributed by atoms with Gasteiger partial charge in [-0.05, 0) is 25.0 Å². The maximum atomic E-state index is 12.6. The van der Waals surface area contributed by atoms with Crippen molar-refractivity contribution in [1.29, 1.82) is 0 Å². The third-order valence-corrected chi connectivity index (χ3v) is 4.94. The highest BCUT2D eigenvalue weighted by Gasteiger charge is 2.35. The van der Waals surface area contributed by atoms with Crippen molar-refractivity contribution in [2.24, 2.45) is 0 Å². The molecule has 1 fully saturated rings. The predicted octanol–water partition coefficient (Wildman–Crippen LogP) is 2.39. The summed E-state index contributed by atoms with van der Waals surface area (Å²) in [6.45, 7) is 0.522. The first-order chi connectivity index (χ1) is 13.3. The summed E-state index contributed by atoms with van der Waals surface area (Å²) < 4.78 is 37.7. The predicted molar refractivity (Wildman–Crippen MR) is 96.9 cm³/mol. The smallest absolute Gasteiger partial charge is 0.376 e. The van der Waals surface area contributed by atoms with Crippen molar-refractivity contribution >= 4 is 28.8 Å². The first kappa shape index (κ1) is 20.1. The summed E-state index contributed by atoms with van der Waals surface area (Å²) in [6.07, 6.45) is 0.458. The van der Waals surface area contributed by atoms with E-state index in [0.29, 0.717) is 11.3 Å². The van der Waals surface area contributed by atoms with Crippen LogP contribution in [0.3, 0.4) is 0 Å². The van der Waals surface area contributed by atoms with Gasteiger partial charge in [-0.1, -0.05) is 0 Å². The minimum atomic E-state index is -4.57. The van der Waals surface area contributed by atoms with Gasteiger partial charge >= 0.3 is 6.18 Å². The third-order valence-electron chi connectivity index (χ3n) is 4.05. The molecule has 0 atom stereocenters. The van der Waals surface area contributed by atoms with Crippen LogP contribution in [0, 0.1) is 0 Å². The zero-order valence-electron chi connectivity index (χ0n) is 14.7. The molecule has 0 radical (unpaired) electrons. The Kier molecular flexibility index (Phi) is 6.12. The van der Waals surface area contributed by atoms with Gasteiger partial charge < -0.3 is 15.5 Å². The second kappa shape index (κ2) is 8.55. The van der Waals surface area contributed by atoms with Crippen LogP contribution >= 0.6 is 11.3 Å². The molecule has 2 N–H and O–H groups in total. The molecule has 2 amide bonds. The molecule has 3 rings (SSSR count). The van der Waals surface area contributed by atoms with E-state index in [4.69, 9.17) is 0 Å². The summed E-state index contributed by atoms with van der Waals surface area (Å²) >= 11 is 0.375. The topological polar surface area (TPSA) is 87.2 Å². The number of thiazole rings is 1. The molecule has 2 aromatic heterocycles. The number of rotatable bonds is 8. The number of carbonyl (C=O) groups is 2. The van der Waals surface area contributed by atoms with E-state index >= 15 is 0 Å². The highest BCUT2D eigenvalue weighted by molar-refractivity contribution is 7.09. The van der Waals surface area contributed by atoms with Crippen LogP contribution in [-0.4, -0.2) is 52.4 Å². The fourth-order valence-electron chi connectivity index (χ4n) is 2.53. The van der Waals surface area contributed by atoms with Crippen molar-refractivity contribution in [3.8, 4) is 0 Å². The molecule has 0 saturated heterocycles. The van der Waals surface area contributed by atoms with E-state index in [1.165, 1.54) is 0 Å². The van der Waals surface area contributed by atoms with Crippen LogP contribution in [0.15, 0.2) is 29.9 Å². The molecule has 2 aromatic rings. The van der Waals surface area contributed by atoms with E-state index in [1.54, 1.807) is 29.4 Å². The zero-order chi connectivity index (χ0) is 20.1. The summed E-state index contributed by atoms with van der Waals surface area (Å²) in [4.78, 5) is 33.3. The van der Waals surface area contributed by atoms with Gasteiger partial charge in [0.1, 0.15) is 5.69 Å². The number of hydrogen-bond donors (Lipinski definition) is 2. The summed E-state index contributed by atoms with van der Waals surface area (Å²) in [6, 6.07) is 3.63. The molecule has 0 unspecified atom stereocenters. The summed E-state index contributed by atoms with van der Waals surface area (Å²) in [5, 5.41) is 5.55. The Morgan fingerprint density at radius 1 is 1.25 bits per heavy atom. The molecule has 0 bridgehead atoms. The molecule has 0 spiro atoms. The van der Waals surface area contributed by atoms with Gasteiger partial charge in [-0.3, -0.25) is 14.6 Å². The molecule has 1 aliphatic rings. The van der Waals surface area contributed by atoms with Crippen LogP contribution in [0.4, 0.5) is 18.9 Å². The quantitative estimate of drug-likeness (QED) is 0.694. The average molecular weight is 413 g/mol. The van der Waals surface area contributed by atoms with E-state index in [0.717, 1.165) is 23.9 Å². The minimum Gasteiger partial charge on any atom is -0.376 e. The third kappa shape index (κ3) is 5.41. The lowest BCUT2D eigenvalue weighted by molar-refractivity contribution is -0.137. The van der Waals surface area contributed by atoms with Crippen molar-refractivity contribution < 1.29 is 22.8 Å². The number of halogens is 3. The van der Waals surface area contributed by atoms with Gasteiger partial charge in [0.05, 0.1) is 6.54 Å². The summed E-state index contributed by atoms with van der Waals surface area (Å²) in [5.74, 6) is -0.800. The van der Waals surface area contributed by atoms with Crippen LogP contribution in [0.5, 0.6) is 0 Å². The van der Waals surface area contributed by atoms with E-state index in [-0.39, 0.29) is 37.3 Å². The molecule has 150 valence electrons. The number of carbonyl (C=O) groups excluding carboxylic acids is 2. The monoisotopic (exact) mass is 413 g/mol. The Bertz CT molecular complexity index is 824.